The van der Waals surface area contributed by atoms with Gasteiger partial charge in [-0.25, -0.2) is 0 Å². The van der Waals surface area contributed by atoms with Crippen molar-refractivity contribution in [1.82, 2.24) is 0 Å². The highest BCUT2D eigenvalue weighted by Gasteiger charge is 2.21. The SMILES string of the molecule is CC.CC1(O)C=CC(=O)CC1. The first-order valence-corrected chi connectivity index (χ1v) is 4.05. The molecule has 0 aliphatic heterocycles. The standard InChI is InChI=1S/C7H10O2.C2H6/c1-7(9)4-2-6(8)3-5-7;1-2/h2,4,9H,3,5H2,1H3;1-2H3. The van der Waals surface area contributed by atoms with Crippen LogP contribution in [0.1, 0.15) is 33.6 Å². The lowest BCUT2D eigenvalue weighted by atomic mass is 9.93. The average molecular weight is 156 g/mol. The van der Waals surface area contributed by atoms with Gasteiger partial charge in [-0.2, -0.15) is 0 Å². The van der Waals surface area contributed by atoms with E-state index in [-0.39, 0.29) is 5.78 Å². The molecule has 0 aromatic heterocycles. The summed E-state index contributed by atoms with van der Waals surface area (Å²) in [5, 5.41) is 9.25. The van der Waals surface area contributed by atoms with Crippen LogP contribution in [0.15, 0.2) is 12.2 Å². The Bertz CT molecular complexity index is 157. The molecule has 1 N–H and O–H groups in total. The van der Waals surface area contributed by atoms with Crippen molar-refractivity contribution in [3.63, 3.8) is 0 Å². The molecule has 0 saturated heterocycles. The van der Waals surface area contributed by atoms with E-state index in [9.17, 15) is 9.90 Å². The number of carbonyl (C=O) groups excluding carboxylic acids is 1. The zero-order valence-electron chi connectivity index (χ0n) is 7.42. The van der Waals surface area contributed by atoms with E-state index in [1.165, 1.54) is 6.08 Å². The van der Waals surface area contributed by atoms with Gasteiger partial charge in [0.05, 0.1) is 5.60 Å². The maximum Gasteiger partial charge on any atom is 0.155 e. The van der Waals surface area contributed by atoms with Crippen LogP contribution in [-0.2, 0) is 4.79 Å². The monoisotopic (exact) mass is 156 g/mol. The number of aliphatic hydroxyl groups is 1. The first-order chi connectivity index (χ1) is 5.10. The molecule has 1 rings (SSSR count). The van der Waals surface area contributed by atoms with E-state index in [1.807, 2.05) is 13.8 Å². The fourth-order valence-electron chi connectivity index (χ4n) is 0.815. The van der Waals surface area contributed by atoms with Gasteiger partial charge in [0, 0.05) is 6.42 Å². The van der Waals surface area contributed by atoms with Crippen LogP contribution in [0.3, 0.4) is 0 Å². The molecule has 0 amide bonds. The largest absolute Gasteiger partial charge is 0.386 e. The van der Waals surface area contributed by atoms with Crippen LogP contribution in [0.5, 0.6) is 0 Å². The number of ketones is 1. The van der Waals surface area contributed by atoms with E-state index in [0.717, 1.165) is 0 Å². The molecule has 0 saturated carbocycles. The average Bonchev–Trinajstić information content (AvgIpc) is 2.00. The van der Waals surface area contributed by atoms with Gasteiger partial charge in [0.1, 0.15) is 0 Å². The first-order valence-electron chi connectivity index (χ1n) is 4.05. The van der Waals surface area contributed by atoms with Gasteiger partial charge in [-0.3, -0.25) is 4.79 Å². The molecule has 0 aromatic rings. The van der Waals surface area contributed by atoms with Crippen molar-refractivity contribution in [3.05, 3.63) is 12.2 Å². The third-order valence-corrected chi connectivity index (χ3v) is 1.51. The Kier molecular flexibility index (Phi) is 4.04. The number of carbonyl (C=O) groups is 1. The second-order valence-corrected chi connectivity index (χ2v) is 2.66. The molecule has 1 aliphatic carbocycles. The maximum absolute atomic E-state index is 10.6. The Hall–Kier alpha value is -0.630. The van der Waals surface area contributed by atoms with Crippen LogP contribution in [0.25, 0.3) is 0 Å². The Morgan fingerprint density at radius 2 is 2.09 bits per heavy atom. The fraction of sp³-hybridized carbons (Fsp3) is 0.667. The molecule has 1 aliphatic rings. The highest BCUT2D eigenvalue weighted by atomic mass is 16.3. The number of rotatable bonds is 0. The van der Waals surface area contributed by atoms with Crippen LogP contribution >= 0.6 is 0 Å². The zero-order valence-corrected chi connectivity index (χ0v) is 7.42. The van der Waals surface area contributed by atoms with Gasteiger partial charge in [-0.15, -0.1) is 0 Å². The highest BCUT2D eigenvalue weighted by Crippen LogP contribution is 2.18. The van der Waals surface area contributed by atoms with E-state index in [0.29, 0.717) is 12.8 Å². The molecular formula is C9H16O2. The summed E-state index contributed by atoms with van der Waals surface area (Å²) in [6, 6.07) is 0. The molecule has 2 nitrogen and oxygen atoms in total. The molecule has 2 heteroatoms. The lowest BCUT2D eigenvalue weighted by Crippen LogP contribution is -2.25. The van der Waals surface area contributed by atoms with Crippen molar-refractivity contribution in [1.29, 1.82) is 0 Å². The molecule has 0 radical (unpaired) electrons. The number of hydrogen-bond donors (Lipinski definition) is 1. The van der Waals surface area contributed by atoms with E-state index in [1.54, 1.807) is 13.0 Å². The Labute approximate surface area is 67.9 Å². The summed E-state index contributed by atoms with van der Waals surface area (Å²) in [6.07, 6.45) is 4.04. The minimum atomic E-state index is -0.742. The lowest BCUT2D eigenvalue weighted by Gasteiger charge is -2.20. The van der Waals surface area contributed by atoms with Crippen LogP contribution in [0.2, 0.25) is 0 Å². The summed E-state index contributed by atoms with van der Waals surface area (Å²) in [7, 11) is 0. The lowest BCUT2D eigenvalue weighted by molar-refractivity contribution is -0.116. The second kappa shape index (κ2) is 4.29. The minimum Gasteiger partial charge on any atom is -0.386 e. The van der Waals surface area contributed by atoms with Gasteiger partial charge in [-0.05, 0) is 25.5 Å². The van der Waals surface area contributed by atoms with Crippen molar-refractivity contribution in [3.8, 4) is 0 Å². The predicted molar refractivity (Wildman–Crippen MR) is 45.4 cm³/mol. The molecule has 0 heterocycles. The molecule has 0 bridgehead atoms. The molecule has 11 heavy (non-hydrogen) atoms. The quantitative estimate of drug-likeness (QED) is 0.579. The van der Waals surface area contributed by atoms with Crippen molar-refractivity contribution >= 4 is 5.78 Å². The normalized spacial score (nSPS) is 29.3. The van der Waals surface area contributed by atoms with Crippen molar-refractivity contribution in [2.24, 2.45) is 0 Å². The van der Waals surface area contributed by atoms with Crippen molar-refractivity contribution in [2.75, 3.05) is 0 Å². The molecule has 0 spiro atoms. The molecular weight excluding hydrogens is 140 g/mol. The van der Waals surface area contributed by atoms with Crippen LogP contribution < -0.4 is 0 Å². The smallest absolute Gasteiger partial charge is 0.155 e. The van der Waals surface area contributed by atoms with Gasteiger partial charge in [0.25, 0.3) is 0 Å². The summed E-state index contributed by atoms with van der Waals surface area (Å²) >= 11 is 0. The molecule has 0 fully saturated rings. The summed E-state index contributed by atoms with van der Waals surface area (Å²) in [4.78, 5) is 10.6. The third kappa shape index (κ3) is 3.94. The second-order valence-electron chi connectivity index (χ2n) is 2.66. The van der Waals surface area contributed by atoms with Gasteiger partial charge >= 0.3 is 0 Å². The molecule has 1 unspecified atom stereocenters. The number of allylic oxidation sites excluding steroid dienone is 1. The first kappa shape index (κ1) is 10.4. The Morgan fingerprint density at radius 3 is 2.36 bits per heavy atom. The molecule has 1 atom stereocenters. The Morgan fingerprint density at radius 1 is 1.55 bits per heavy atom. The fourth-order valence-corrected chi connectivity index (χ4v) is 0.815. The van der Waals surface area contributed by atoms with Gasteiger partial charge in [-0.1, -0.05) is 13.8 Å². The molecule has 64 valence electrons. The van der Waals surface area contributed by atoms with E-state index >= 15 is 0 Å². The van der Waals surface area contributed by atoms with E-state index < -0.39 is 5.60 Å². The van der Waals surface area contributed by atoms with Crippen LogP contribution in [0, 0.1) is 0 Å². The van der Waals surface area contributed by atoms with Crippen molar-refractivity contribution in [2.45, 2.75) is 39.2 Å². The minimum absolute atomic E-state index is 0.113. The van der Waals surface area contributed by atoms with Gasteiger partial charge in [0.15, 0.2) is 5.78 Å². The topological polar surface area (TPSA) is 37.3 Å². The maximum atomic E-state index is 10.6. The van der Waals surface area contributed by atoms with Crippen molar-refractivity contribution < 1.29 is 9.90 Å². The van der Waals surface area contributed by atoms with Crippen LogP contribution in [-0.4, -0.2) is 16.5 Å². The summed E-state index contributed by atoms with van der Waals surface area (Å²) in [5.74, 6) is 0.113. The number of hydrogen-bond acceptors (Lipinski definition) is 2. The van der Waals surface area contributed by atoms with E-state index in [4.69, 9.17) is 0 Å². The summed E-state index contributed by atoms with van der Waals surface area (Å²) < 4.78 is 0. The third-order valence-electron chi connectivity index (χ3n) is 1.51. The highest BCUT2D eigenvalue weighted by molar-refractivity contribution is 5.90. The summed E-state index contributed by atoms with van der Waals surface area (Å²) in [6.45, 7) is 5.70. The van der Waals surface area contributed by atoms with Crippen LogP contribution in [0.4, 0.5) is 0 Å². The predicted octanol–water partition coefficient (Wildman–Crippen LogP) is 1.68. The summed E-state index contributed by atoms with van der Waals surface area (Å²) in [5.41, 5.74) is -0.742. The zero-order chi connectivity index (χ0) is 8.91. The van der Waals surface area contributed by atoms with Gasteiger partial charge in [0.2, 0.25) is 0 Å². The molecule has 0 aromatic carbocycles. The Balaban J connectivity index is 0.000000461. The van der Waals surface area contributed by atoms with E-state index in [2.05, 4.69) is 0 Å². The van der Waals surface area contributed by atoms with Gasteiger partial charge < -0.3 is 5.11 Å².